The van der Waals surface area contributed by atoms with E-state index >= 15 is 0 Å². The minimum atomic E-state index is -3.63. The van der Waals surface area contributed by atoms with Crippen LogP contribution in [-0.4, -0.2) is 57.8 Å². The largest absolute Gasteiger partial charge is 0.454 e. The van der Waals surface area contributed by atoms with Gasteiger partial charge in [-0.3, -0.25) is 13.9 Å². The average Bonchev–Trinajstić information content (AvgIpc) is 3.30. The van der Waals surface area contributed by atoms with Crippen molar-refractivity contribution < 1.29 is 27.5 Å². The van der Waals surface area contributed by atoms with Crippen molar-refractivity contribution in [1.82, 2.24) is 10.2 Å². The van der Waals surface area contributed by atoms with Crippen LogP contribution in [0, 0.1) is 0 Å². The van der Waals surface area contributed by atoms with Crippen molar-refractivity contribution in [3.05, 3.63) is 52.0 Å². The van der Waals surface area contributed by atoms with Gasteiger partial charge in [-0.15, -0.1) is 0 Å². The summed E-state index contributed by atoms with van der Waals surface area (Å²) in [5, 5.41) is 3.34. The molecule has 0 aliphatic carbocycles. The topological polar surface area (TPSA) is 105 Å². The van der Waals surface area contributed by atoms with Gasteiger partial charge in [0.15, 0.2) is 11.5 Å². The maximum atomic E-state index is 13.3. The summed E-state index contributed by atoms with van der Waals surface area (Å²) in [6.45, 7) is 2.12. The summed E-state index contributed by atoms with van der Waals surface area (Å²) < 4.78 is 36.9. The number of carbonyl (C=O) groups excluding carboxylic acids is 2. The molecule has 0 aromatic heterocycles. The highest BCUT2D eigenvalue weighted by Crippen LogP contribution is 2.36. The van der Waals surface area contributed by atoms with Gasteiger partial charge in [-0.2, -0.15) is 0 Å². The molecule has 0 radical (unpaired) electrons. The number of ether oxygens (including phenoxy) is 2. The first-order chi connectivity index (χ1) is 17.0. The molecule has 0 saturated carbocycles. The molecule has 1 unspecified atom stereocenters. The van der Waals surface area contributed by atoms with Crippen molar-refractivity contribution in [2.75, 3.05) is 30.9 Å². The third kappa shape index (κ3) is 6.74. The van der Waals surface area contributed by atoms with Crippen LogP contribution in [0.5, 0.6) is 11.5 Å². The molecule has 1 N–H and O–H groups in total. The lowest BCUT2D eigenvalue weighted by molar-refractivity contribution is -0.141. The van der Waals surface area contributed by atoms with Crippen LogP contribution in [0.3, 0.4) is 0 Å². The molecule has 196 valence electrons. The standard InChI is InChI=1S/C24H29Cl2N3O6S/c1-4-20(24(31)27-2)28(14-16-7-9-18(25)19(26)12-16)23(30)6-5-11-29(36(3,32)33)17-8-10-21-22(13-17)35-15-34-21/h7-10,12-13,20H,4-6,11,14-15H2,1-3H3,(H,27,31). The van der Waals surface area contributed by atoms with Gasteiger partial charge in [0.25, 0.3) is 0 Å². The first-order valence-corrected chi connectivity index (χ1v) is 14.0. The number of amides is 2. The fraction of sp³-hybridized carbons (Fsp3) is 0.417. The number of hydrogen-bond donors (Lipinski definition) is 1. The Balaban J connectivity index is 1.76. The minimum Gasteiger partial charge on any atom is -0.454 e. The third-order valence-corrected chi connectivity index (χ3v) is 7.70. The van der Waals surface area contributed by atoms with Gasteiger partial charge in [0.05, 0.1) is 22.0 Å². The number of anilines is 1. The van der Waals surface area contributed by atoms with Gasteiger partial charge in [-0.1, -0.05) is 36.2 Å². The van der Waals surface area contributed by atoms with Crippen molar-refractivity contribution in [2.45, 2.75) is 38.8 Å². The predicted molar refractivity (Wildman–Crippen MR) is 139 cm³/mol. The van der Waals surface area contributed by atoms with Crippen molar-refractivity contribution in [2.24, 2.45) is 0 Å². The predicted octanol–water partition coefficient (Wildman–Crippen LogP) is 3.82. The highest BCUT2D eigenvalue weighted by Gasteiger charge is 2.28. The van der Waals surface area contributed by atoms with Gasteiger partial charge in [0, 0.05) is 32.6 Å². The highest BCUT2D eigenvalue weighted by atomic mass is 35.5. The second kappa shape index (κ2) is 12.0. The van der Waals surface area contributed by atoms with Crippen molar-refractivity contribution in [1.29, 1.82) is 0 Å². The van der Waals surface area contributed by atoms with Crippen molar-refractivity contribution >= 4 is 50.7 Å². The molecular formula is C24H29Cl2N3O6S. The van der Waals surface area contributed by atoms with Crippen LogP contribution in [-0.2, 0) is 26.2 Å². The molecule has 0 bridgehead atoms. The summed E-state index contributed by atoms with van der Waals surface area (Å²) in [5.41, 5.74) is 1.14. The van der Waals surface area contributed by atoms with Gasteiger partial charge in [0.2, 0.25) is 28.6 Å². The summed E-state index contributed by atoms with van der Waals surface area (Å²) in [7, 11) is -2.11. The number of halogens is 2. The molecule has 0 spiro atoms. The van der Waals surface area contributed by atoms with Crippen LogP contribution in [0.4, 0.5) is 5.69 Å². The zero-order chi connectivity index (χ0) is 26.5. The number of hydrogen-bond acceptors (Lipinski definition) is 6. The number of fused-ring (bicyclic) bond motifs is 1. The first kappa shape index (κ1) is 27.9. The monoisotopic (exact) mass is 557 g/mol. The number of nitrogens with zero attached hydrogens (tertiary/aromatic N) is 2. The van der Waals surface area contributed by atoms with Gasteiger partial charge in [-0.05, 0) is 42.7 Å². The molecule has 2 aromatic carbocycles. The average molecular weight is 558 g/mol. The summed E-state index contributed by atoms with van der Waals surface area (Å²) >= 11 is 12.2. The fourth-order valence-corrected chi connectivity index (χ4v) is 5.24. The van der Waals surface area contributed by atoms with Crippen molar-refractivity contribution in [3.8, 4) is 11.5 Å². The molecule has 2 amide bonds. The van der Waals surface area contributed by atoms with Crippen LogP contribution in [0.15, 0.2) is 36.4 Å². The molecule has 0 saturated heterocycles. The van der Waals surface area contributed by atoms with E-state index < -0.39 is 16.1 Å². The normalized spacial score (nSPS) is 13.2. The fourth-order valence-electron chi connectivity index (χ4n) is 3.97. The van der Waals surface area contributed by atoms with E-state index in [1.54, 1.807) is 36.4 Å². The smallest absolute Gasteiger partial charge is 0.242 e. The molecule has 2 aromatic rings. The molecule has 9 nitrogen and oxygen atoms in total. The molecule has 1 heterocycles. The second-order valence-corrected chi connectivity index (χ2v) is 11.0. The number of nitrogens with one attached hydrogen (secondary N) is 1. The van der Waals surface area contributed by atoms with Gasteiger partial charge in [-0.25, -0.2) is 8.42 Å². The third-order valence-electron chi connectivity index (χ3n) is 5.77. The van der Waals surface area contributed by atoms with Crippen LogP contribution >= 0.6 is 23.2 Å². The summed E-state index contributed by atoms with van der Waals surface area (Å²) in [5.74, 6) is 0.432. The SMILES string of the molecule is CCC(C(=O)NC)N(Cc1ccc(Cl)c(Cl)c1)C(=O)CCCN(c1ccc2c(c1)OCO2)S(C)(=O)=O. The van der Waals surface area contributed by atoms with E-state index in [-0.39, 0.29) is 44.5 Å². The van der Waals surface area contributed by atoms with E-state index in [4.69, 9.17) is 32.7 Å². The maximum absolute atomic E-state index is 13.3. The lowest BCUT2D eigenvalue weighted by atomic mass is 10.1. The maximum Gasteiger partial charge on any atom is 0.242 e. The van der Waals surface area contributed by atoms with E-state index in [9.17, 15) is 18.0 Å². The Morgan fingerprint density at radius 3 is 2.44 bits per heavy atom. The number of rotatable bonds is 11. The Labute approximate surface area is 221 Å². The molecule has 1 aliphatic rings. The summed E-state index contributed by atoms with van der Waals surface area (Å²) in [6, 6.07) is 9.22. The van der Waals surface area contributed by atoms with E-state index in [1.807, 2.05) is 6.92 Å². The molecule has 12 heteroatoms. The van der Waals surface area contributed by atoms with Gasteiger partial charge >= 0.3 is 0 Å². The Bertz CT molecular complexity index is 1220. The molecule has 3 rings (SSSR count). The van der Waals surface area contributed by atoms with E-state index in [2.05, 4.69) is 5.32 Å². The first-order valence-electron chi connectivity index (χ1n) is 11.4. The zero-order valence-corrected chi connectivity index (χ0v) is 22.6. The lowest BCUT2D eigenvalue weighted by Gasteiger charge is -2.31. The molecule has 1 atom stereocenters. The van der Waals surface area contributed by atoms with Gasteiger partial charge in [0.1, 0.15) is 6.04 Å². The minimum absolute atomic E-state index is 0.0331. The summed E-state index contributed by atoms with van der Waals surface area (Å²) in [4.78, 5) is 27.3. The van der Waals surface area contributed by atoms with Crippen molar-refractivity contribution in [3.63, 3.8) is 0 Å². The number of carbonyl (C=O) groups is 2. The zero-order valence-electron chi connectivity index (χ0n) is 20.3. The highest BCUT2D eigenvalue weighted by molar-refractivity contribution is 7.92. The molecule has 1 aliphatic heterocycles. The Hall–Kier alpha value is -2.69. The van der Waals surface area contributed by atoms with E-state index in [0.29, 0.717) is 33.7 Å². The van der Waals surface area contributed by atoms with E-state index in [1.165, 1.54) is 16.3 Å². The number of sulfonamides is 1. The summed E-state index contributed by atoms with van der Waals surface area (Å²) in [6.07, 6.45) is 1.78. The van der Waals surface area contributed by atoms with E-state index in [0.717, 1.165) is 11.8 Å². The van der Waals surface area contributed by atoms with Gasteiger partial charge < -0.3 is 19.7 Å². The molecule has 36 heavy (non-hydrogen) atoms. The lowest BCUT2D eigenvalue weighted by Crippen LogP contribution is -2.48. The Morgan fingerprint density at radius 2 is 1.81 bits per heavy atom. The van der Waals surface area contributed by atoms with Crippen LogP contribution in [0.25, 0.3) is 0 Å². The second-order valence-electron chi connectivity index (χ2n) is 8.28. The Kier molecular flexibility index (Phi) is 9.32. The Morgan fingerprint density at radius 1 is 1.08 bits per heavy atom. The number of likely N-dealkylation sites (N-methyl/N-ethyl adjacent to an activating group) is 1. The number of benzene rings is 2. The van der Waals surface area contributed by atoms with Crippen LogP contribution in [0.2, 0.25) is 10.0 Å². The van der Waals surface area contributed by atoms with Crippen LogP contribution < -0.4 is 19.1 Å². The van der Waals surface area contributed by atoms with Crippen LogP contribution in [0.1, 0.15) is 31.7 Å². The molecular weight excluding hydrogens is 529 g/mol. The molecule has 0 fully saturated rings. The quantitative estimate of drug-likeness (QED) is 0.450.